The maximum Gasteiger partial charge on any atom is 0.312 e. The van der Waals surface area contributed by atoms with Gasteiger partial charge in [-0.2, -0.15) is 0 Å². The van der Waals surface area contributed by atoms with Gasteiger partial charge in [0.05, 0.1) is 11.3 Å². The Morgan fingerprint density at radius 3 is 2.24 bits per heavy atom. The van der Waals surface area contributed by atoms with Crippen LogP contribution in [0.1, 0.15) is 27.9 Å². The van der Waals surface area contributed by atoms with E-state index in [1.54, 1.807) is 0 Å². The van der Waals surface area contributed by atoms with E-state index in [0.717, 1.165) is 11.1 Å². The highest BCUT2D eigenvalue weighted by Gasteiger charge is 2.12. The van der Waals surface area contributed by atoms with Crippen molar-refractivity contribution in [1.82, 2.24) is 5.32 Å². The van der Waals surface area contributed by atoms with Crippen molar-refractivity contribution in [3.63, 3.8) is 0 Å². The van der Waals surface area contributed by atoms with E-state index in [1.165, 1.54) is 24.3 Å². The van der Waals surface area contributed by atoms with Crippen LogP contribution in [0, 0.1) is 24.0 Å². The zero-order valence-corrected chi connectivity index (χ0v) is 13.9. The summed E-state index contributed by atoms with van der Waals surface area (Å²) >= 11 is 0. The number of nitro benzene ring substituents is 1. The van der Waals surface area contributed by atoms with Gasteiger partial charge in [0.1, 0.15) is 5.75 Å². The lowest BCUT2D eigenvalue weighted by atomic mass is 10.1. The van der Waals surface area contributed by atoms with Crippen LogP contribution in [0.4, 0.5) is 5.69 Å². The summed E-state index contributed by atoms with van der Waals surface area (Å²) in [5.41, 5.74) is 1.92. The van der Waals surface area contributed by atoms with Crippen LogP contribution in [0.15, 0.2) is 42.5 Å². The Hall–Kier alpha value is -3.22. The number of rotatable bonds is 6. The monoisotopic (exact) mass is 342 g/mol. The number of carbonyl (C=O) groups excluding carboxylic acids is 2. The molecule has 0 atom stereocenters. The van der Waals surface area contributed by atoms with Crippen molar-refractivity contribution in [3.8, 4) is 5.75 Å². The fraction of sp³-hybridized carbons (Fsp3) is 0.222. The number of ether oxygens (including phenoxy) is 1. The first-order valence-electron chi connectivity index (χ1n) is 7.68. The Morgan fingerprint density at radius 2 is 1.68 bits per heavy atom. The van der Waals surface area contributed by atoms with Crippen LogP contribution in [-0.4, -0.2) is 23.3 Å². The van der Waals surface area contributed by atoms with Gasteiger partial charge in [-0.15, -0.1) is 0 Å². The van der Waals surface area contributed by atoms with E-state index in [-0.39, 0.29) is 24.2 Å². The summed E-state index contributed by atoms with van der Waals surface area (Å²) in [5.74, 6) is -0.314. The van der Waals surface area contributed by atoms with Gasteiger partial charge in [-0.25, -0.2) is 0 Å². The number of nitrogens with zero attached hydrogens (tertiary/aromatic N) is 1. The summed E-state index contributed by atoms with van der Waals surface area (Å²) in [4.78, 5) is 33.9. The Morgan fingerprint density at radius 1 is 1.08 bits per heavy atom. The fourth-order valence-corrected chi connectivity index (χ4v) is 2.24. The average Bonchev–Trinajstić information content (AvgIpc) is 2.58. The van der Waals surface area contributed by atoms with Crippen LogP contribution in [0.3, 0.4) is 0 Å². The number of esters is 1. The number of hydrogen-bond donors (Lipinski definition) is 1. The third-order valence-corrected chi connectivity index (χ3v) is 3.58. The highest BCUT2D eigenvalue weighted by atomic mass is 16.6. The standard InChI is InChI=1S/C18H18N2O5/c1-12-4-3-5-13(2)17(12)25-16(21)10-11-19-18(22)14-6-8-15(9-7-14)20(23)24/h3-9H,10-11H2,1-2H3,(H,19,22). The molecule has 0 aliphatic rings. The zero-order chi connectivity index (χ0) is 18.4. The number of para-hydroxylation sites is 1. The molecule has 2 aromatic carbocycles. The van der Waals surface area contributed by atoms with Crippen molar-refractivity contribution >= 4 is 17.6 Å². The molecule has 0 aliphatic heterocycles. The van der Waals surface area contributed by atoms with Crippen LogP contribution >= 0.6 is 0 Å². The third kappa shape index (κ3) is 4.87. The van der Waals surface area contributed by atoms with Crippen LogP contribution in [0.25, 0.3) is 0 Å². The summed E-state index contributed by atoms with van der Waals surface area (Å²) < 4.78 is 5.34. The maximum absolute atomic E-state index is 11.9. The Kier molecular flexibility index (Phi) is 5.84. The number of nitro groups is 1. The number of non-ortho nitro benzene ring substituents is 1. The molecule has 0 radical (unpaired) electrons. The molecule has 0 bridgehead atoms. The second-order valence-corrected chi connectivity index (χ2v) is 5.50. The van der Waals surface area contributed by atoms with Crippen molar-refractivity contribution in [2.45, 2.75) is 20.3 Å². The van der Waals surface area contributed by atoms with E-state index in [9.17, 15) is 19.7 Å². The second kappa shape index (κ2) is 8.05. The summed E-state index contributed by atoms with van der Waals surface area (Å²) in [6.45, 7) is 3.82. The van der Waals surface area contributed by atoms with Crippen molar-refractivity contribution in [2.75, 3.05) is 6.54 Å². The minimum absolute atomic E-state index is 0.0203. The van der Waals surface area contributed by atoms with E-state index in [2.05, 4.69) is 5.32 Å². The predicted octanol–water partition coefficient (Wildman–Crippen LogP) is 2.94. The minimum Gasteiger partial charge on any atom is -0.426 e. The van der Waals surface area contributed by atoms with Gasteiger partial charge in [-0.3, -0.25) is 19.7 Å². The van der Waals surface area contributed by atoms with E-state index in [1.807, 2.05) is 32.0 Å². The molecule has 25 heavy (non-hydrogen) atoms. The fourth-order valence-electron chi connectivity index (χ4n) is 2.24. The number of aryl methyl sites for hydroxylation is 2. The molecular formula is C18H18N2O5. The Bertz CT molecular complexity index is 779. The van der Waals surface area contributed by atoms with E-state index >= 15 is 0 Å². The van der Waals surface area contributed by atoms with Gasteiger partial charge >= 0.3 is 5.97 Å². The van der Waals surface area contributed by atoms with Gasteiger partial charge in [-0.05, 0) is 37.1 Å². The van der Waals surface area contributed by atoms with Crippen molar-refractivity contribution in [2.24, 2.45) is 0 Å². The molecule has 7 nitrogen and oxygen atoms in total. The Balaban J connectivity index is 1.84. The Labute approximate surface area is 144 Å². The van der Waals surface area contributed by atoms with Crippen molar-refractivity contribution in [1.29, 1.82) is 0 Å². The van der Waals surface area contributed by atoms with Crippen LogP contribution in [0.5, 0.6) is 5.75 Å². The lowest BCUT2D eigenvalue weighted by Crippen LogP contribution is -2.27. The molecule has 1 N–H and O–H groups in total. The van der Waals surface area contributed by atoms with Crippen molar-refractivity contribution in [3.05, 3.63) is 69.3 Å². The molecule has 0 saturated heterocycles. The SMILES string of the molecule is Cc1cccc(C)c1OC(=O)CCNC(=O)c1ccc([N+](=O)[O-])cc1. The molecule has 0 heterocycles. The summed E-state index contributed by atoms with van der Waals surface area (Å²) in [6.07, 6.45) is 0.0203. The van der Waals surface area contributed by atoms with Gasteiger partial charge in [0.25, 0.3) is 11.6 Å². The smallest absolute Gasteiger partial charge is 0.312 e. The normalized spacial score (nSPS) is 10.2. The van der Waals surface area contributed by atoms with Crippen molar-refractivity contribution < 1.29 is 19.2 Å². The molecule has 0 spiro atoms. The summed E-state index contributed by atoms with van der Waals surface area (Å²) in [7, 11) is 0. The molecular weight excluding hydrogens is 324 g/mol. The number of benzene rings is 2. The number of hydrogen-bond acceptors (Lipinski definition) is 5. The number of carbonyl (C=O) groups is 2. The lowest BCUT2D eigenvalue weighted by molar-refractivity contribution is -0.384. The van der Waals surface area contributed by atoms with E-state index < -0.39 is 16.8 Å². The molecule has 0 aromatic heterocycles. The molecule has 0 saturated carbocycles. The van der Waals surface area contributed by atoms with Gasteiger partial charge in [0, 0.05) is 24.2 Å². The molecule has 130 valence electrons. The third-order valence-electron chi connectivity index (χ3n) is 3.58. The summed E-state index contributed by atoms with van der Waals surface area (Å²) in [6, 6.07) is 10.8. The topological polar surface area (TPSA) is 98.5 Å². The lowest BCUT2D eigenvalue weighted by Gasteiger charge is -2.10. The zero-order valence-electron chi connectivity index (χ0n) is 13.9. The first kappa shape index (κ1) is 18.1. The predicted molar refractivity (Wildman–Crippen MR) is 91.6 cm³/mol. The van der Waals surface area contributed by atoms with Gasteiger partial charge in [0.15, 0.2) is 0 Å². The molecule has 0 aliphatic carbocycles. The highest BCUT2D eigenvalue weighted by molar-refractivity contribution is 5.94. The molecule has 0 unspecified atom stereocenters. The maximum atomic E-state index is 11.9. The van der Waals surface area contributed by atoms with E-state index in [0.29, 0.717) is 5.75 Å². The largest absolute Gasteiger partial charge is 0.426 e. The number of nitrogens with one attached hydrogen (secondary N) is 1. The molecule has 1 amide bonds. The molecule has 0 fully saturated rings. The molecule has 2 rings (SSSR count). The first-order valence-corrected chi connectivity index (χ1v) is 7.68. The molecule has 7 heteroatoms. The van der Waals surface area contributed by atoms with E-state index in [4.69, 9.17) is 4.74 Å². The first-order chi connectivity index (χ1) is 11.9. The molecule has 2 aromatic rings. The quantitative estimate of drug-likeness (QED) is 0.377. The second-order valence-electron chi connectivity index (χ2n) is 5.50. The number of amides is 1. The van der Waals surface area contributed by atoms with Gasteiger partial charge in [-0.1, -0.05) is 18.2 Å². The minimum atomic E-state index is -0.536. The van der Waals surface area contributed by atoms with Crippen LogP contribution < -0.4 is 10.1 Å². The van der Waals surface area contributed by atoms with Gasteiger partial charge < -0.3 is 10.1 Å². The highest BCUT2D eigenvalue weighted by Crippen LogP contribution is 2.22. The van der Waals surface area contributed by atoms with Gasteiger partial charge in [0.2, 0.25) is 0 Å². The summed E-state index contributed by atoms with van der Waals surface area (Å²) in [5, 5.41) is 13.2. The average molecular weight is 342 g/mol. The van der Waals surface area contributed by atoms with Crippen LogP contribution in [0.2, 0.25) is 0 Å². The van der Waals surface area contributed by atoms with Crippen LogP contribution in [-0.2, 0) is 4.79 Å².